The van der Waals surface area contributed by atoms with E-state index in [4.69, 9.17) is 0 Å². The first kappa shape index (κ1) is 14.0. The van der Waals surface area contributed by atoms with E-state index in [1.807, 2.05) is 0 Å². The smallest absolute Gasteiger partial charge is 0.129 e. The minimum Gasteiger partial charge on any atom is -0.207 e. The van der Waals surface area contributed by atoms with Crippen LogP contribution in [0.4, 0.5) is 8.78 Å². The lowest BCUT2D eigenvalue weighted by Gasteiger charge is -2.34. The number of nitriles is 1. The zero-order valence-electron chi connectivity index (χ0n) is 11.3. The molecule has 19 heavy (non-hydrogen) atoms. The SMILES string of the molecule is CCC1CCC(C#N)(Cc2c(F)cccc2F)CC1. The van der Waals surface area contributed by atoms with Crippen molar-refractivity contribution in [3.8, 4) is 6.07 Å². The molecule has 0 N–H and O–H groups in total. The highest BCUT2D eigenvalue weighted by atomic mass is 19.1. The van der Waals surface area contributed by atoms with Gasteiger partial charge in [-0.05, 0) is 50.2 Å². The van der Waals surface area contributed by atoms with Gasteiger partial charge in [0.2, 0.25) is 0 Å². The zero-order valence-corrected chi connectivity index (χ0v) is 11.3. The second-order valence-corrected chi connectivity index (χ2v) is 5.62. The average molecular weight is 263 g/mol. The molecule has 1 nitrogen and oxygen atoms in total. The fourth-order valence-corrected chi connectivity index (χ4v) is 3.01. The van der Waals surface area contributed by atoms with Crippen molar-refractivity contribution < 1.29 is 8.78 Å². The van der Waals surface area contributed by atoms with Gasteiger partial charge in [0.05, 0.1) is 11.5 Å². The van der Waals surface area contributed by atoms with Crippen LogP contribution in [0.1, 0.15) is 44.6 Å². The molecule has 2 rings (SSSR count). The third-order valence-electron chi connectivity index (χ3n) is 4.45. The van der Waals surface area contributed by atoms with Gasteiger partial charge in [0.1, 0.15) is 11.6 Å². The van der Waals surface area contributed by atoms with E-state index >= 15 is 0 Å². The Labute approximate surface area is 113 Å². The molecule has 0 unspecified atom stereocenters. The van der Waals surface area contributed by atoms with Crippen LogP contribution in [0, 0.1) is 34.3 Å². The minimum absolute atomic E-state index is 0.0685. The van der Waals surface area contributed by atoms with Crippen LogP contribution in [0.15, 0.2) is 18.2 Å². The zero-order chi connectivity index (χ0) is 13.9. The maximum atomic E-state index is 13.7. The lowest BCUT2D eigenvalue weighted by atomic mass is 9.68. The maximum Gasteiger partial charge on any atom is 0.129 e. The predicted molar refractivity (Wildman–Crippen MR) is 70.4 cm³/mol. The molecule has 1 aromatic rings. The van der Waals surface area contributed by atoms with Crippen molar-refractivity contribution in [2.24, 2.45) is 11.3 Å². The van der Waals surface area contributed by atoms with E-state index < -0.39 is 17.0 Å². The molecule has 1 saturated carbocycles. The Balaban J connectivity index is 2.19. The third kappa shape index (κ3) is 2.94. The molecule has 102 valence electrons. The van der Waals surface area contributed by atoms with Gasteiger partial charge in [0, 0.05) is 5.56 Å². The van der Waals surface area contributed by atoms with Crippen LogP contribution in [0.2, 0.25) is 0 Å². The molecule has 0 spiro atoms. The van der Waals surface area contributed by atoms with Gasteiger partial charge in [-0.3, -0.25) is 0 Å². The third-order valence-corrected chi connectivity index (χ3v) is 4.45. The van der Waals surface area contributed by atoms with Crippen LogP contribution >= 0.6 is 0 Å². The molecular weight excluding hydrogens is 244 g/mol. The number of hydrogen-bond acceptors (Lipinski definition) is 1. The molecule has 1 fully saturated rings. The fourth-order valence-electron chi connectivity index (χ4n) is 3.01. The summed E-state index contributed by atoms with van der Waals surface area (Å²) < 4.78 is 27.4. The number of hydrogen-bond donors (Lipinski definition) is 0. The normalized spacial score (nSPS) is 26.9. The van der Waals surface area contributed by atoms with Crippen LogP contribution in [0.25, 0.3) is 0 Å². The molecule has 0 aromatic heterocycles. The Morgan fingerprint density at radius 3 is 2.32 bits per heavy atom. The first-order valence-electron chi connectivity index (χ1n) is 6.94. The van der Waals surface area contributed by atoms with E-state index in [0.29, 0.717) is 5.92 Å². The van der Waals surface area contributed by atoms with Crippen molar-refractivity contribution in [1.82, 2.24) is 0 Å². The second kappa shape index (κ2) is 5.69. The lowest BCUT2D eigenvalue weighted by Crippen LogP contribution is -2.29. The fraction of sp³-hybridized carbons (Fsp3) is 0.562. The van der Waals surface area contributed by atoms with E-state index in [9.17, 15) is 14.0 Å². The van der Waals surface area contributed by atoms with Crippen LogP contribution in [-0.4, -0.2) is 0 Å². The van der Waals surface area contributed by atoms with Gasteiger partial charge in [-0.2, -0.15) is 5.26 Å². The van der Waals surface area contributed by atoms with Gasteiger partial charge in [-0.25, -0.2) is 8.78 Å². The highest BCUT2D eigenvalue weighted by molar-refractivity contribution is 5.23. The van der Waals surface area contributed by atoms with Gasteiger partial charge in [0.25, 0.3) is 0 Å². The first-order valence-corrected chi connectivity index (χ1v) is 6.94. The standard InChI is InChI=1S/C16H19F2N/c1-2-12-6-8-16(11-19,9-7-12)10-13-14(17)4-3-5-15(13)18/h3-5,12H,2,6-10H2,1H3. The number of nitrogens with zero attached hydrogens (tertiary/aromatic N) is 1. The van der Waals surface area contributed by atoms with Gasteiger partial charge in [-0.15, -0.1) is 0 Å². The summed E-state index contributed by atoms with van der Waals surface area (Å²) in [5, 5.41) is 9.45. The topological polar surface area (TPSA) is 23.8 Å². The van der Waals surface area contributed by atoms with Crippen molar-refractivity contribution in [3.63, 3.8) is 0 Å². The predicted octanol–water partition coefficient (Wildman–Crippen LogP) is 4.62. The lowest BCUT2D eigenvalue weighted by molar-refractivity contribution is 0.202. The van der Waals surface area contributed by atoms with Crippen LogP contribution in [0.3, 0.4) is 0 Å². The Morgan fingerprint density at radius 2 is 1.84 bits per heavy atom. The molecule has 3 heteroatoms. The minimum atomic E-state index is -0.589. The quantitative estimate of drug-likeness (QED) is 0.780. The molecular formula is C16H19F2N. The molecule has 0 aliphatic heterocycles. The van der Waals surface area contributed by atoms with E-state index in [-0.39, 0.29) is 12.0 Å². The molecule has 0 atom stereocenters. The van der Waals surface area contributed by atoms with Gasteiger partial charge in [-0.1, -0.05) is 19.4 Å². The second-order valence-electron chi connectivity index (χ2n) is 5.62. The van der Waals surface area contributed by atoms with Gasteiger partial charge >= 0.3 is 0 Å². The van der Waals surface area contributed by atoms with Gasteiger partial charge < -0.3 is 0 Å². The maximum absolute atomic E-state index is 13.7. The van der Waals surface area contributed by atoms with Crippen molar-refractivity contribution in [2.45, 2.75) is 45.4 Å². The number of benzene rings is 1. The van der Waals surface area contributed by atoms with E-state index in [1.54, 1.807) is 0 Å². The summed E-state index contributed by atoms with van der Waals surface area (Å²) in [7, 11) is 0. The highest BCUT2D eigenvalue weighted by Crippen LogP contribution is 2.42. The Hall–Kier alpha value is -1.43. The van der Waals surface area contributed by atoms with E-state index in [1.165, 1.54) is 18.2 Å². The van der Waals surface area contributed by atoms with E-state index in [0.717, 1.165) is 32.1 Å². The van der Waals surface area contributed by atoms with Crippen molar-refractivity contribution in [2.75, 3.05) is 0 Å². The first-order chi connectivity index (χ1) is 9.10. The summed E-state index contributed by atoms with van der Waals surface area (Å²) in [5.41, 5.74) is -0.520. The summed E-state index contributed by atoms with van der Waals surface area (Å²) in [6, 6.07) is 6.22. The number of rotatable bonds is 3. The Bertz CT molecular complexity index is 462. The van der Waals surface area contributed by atoms with Gasteiger partial charge in [0.15, 0.2) is 0 Å². The summed E-state index contributed by atoms with van der Waals surface area (Å²) in [4.78, 5) is 0. The molecule has 0 saturated heterocycles. The molecule has 1 aliphatic rings. The summed E-state index contributed by atoms with van der Waals surface area (Å²) in [6.07, 6.45) is 4.78. The molecule has 0 radical (unpaired) electrons. The Morgan fingerprint density at radius 1 is 1.26 bits per heavy atom. The Kier molecular flexibility index (Phi) is 4.19. The summed E-state index contributed by atoms with van der Waals surface area (Å²) in [5.74, 6) is -0.411. The van der Waals surface area contributed by atoms with Crippen LogP contribution in [0.5, 0.6) is 0 Å². The molecule has 0 amide bonds. The molecule has 0 heterocycles. The number of halogens is 2. The summed E-state index contributed by atoms with van der Waals surface area (Å²) in [6.45, 7) is 2.15. The largest absolute Gasteiger partial charge is 0.207 e. The monoisotopic (exact) mass is 263 g/mol. The van der Waals surface area contributed by atoms with Crippen molar-refractivity contribution in [1.29, 1.82) is 5.26 Å². The molecule has 1 aromatic carbocycles. The highest BCUT2D eigenvalue weighted by Gasteiger charge is 2.36. The molecule has 1 aliphatic carbocycles. The van der Waals surface area contributed by atoms with E-state index in [2.05, 4.69) is 13.0 Å². The average Bonchev–Trinajstić information content (AvgIpc) is 2.44. The van der Waals surface area contributed by atoms with Crippen LogP contribution in [-0.2, 0) is 6.42 Å². The van der Waals surface area contributed by atoms with Crippen molar-refractivity contribution in [3.05, 3.63) is 35.4 Å². The van der Waals surface area contributed by atoms with Crippen LogP contribution < -0.4 is 0 Å². The van der Waals surface area contributed by atoms with Crippen molar-refractivity contribution >= 4 is 0 Å². The summed E-state index contributed by atoms with van der Waals surface area (Å²) >= 11 is 0. The molecule has 0 bridgehead atoms.